The van der Waals surface area contributed by atoms with Crippen molar-refractivity contribution in [2.45, 2.75) is 33.1 Å². The molecule has 0 aliphatic heterocycles. The number of carboxylic acid groups (broad SMARTS) is 1. The van der Waals surface area contributed by atoms with Gasteiger partial charge in [-0.25, -0.2) is 9.78 Å². The Morgan fingerprint density at radius 3 is 2.75 bits per heavy atom. The van der Waals surface area contributed by atoms with Crippen LogP contribution < -0.4 is 4.74 Å². The summed E-state index contributed by atoms with van der Waals surface area (Å²) in [5, 5.41) is 11.1. The van der Waals surface area contributed by atoms with Crippen molar-refractivity contribution in [3.8, 4) is 17.0 Å². The molecule has 3 aromatic rings. The highest BCUT2D eigenvalue weighted by atomic mass is 32.1. The number of nitrogens with zero attached hydrogens (tertiary/aromatic N) is 2. The Morgan fingerprint density at radius 2 is 2.12 bits per heavy atom. The summed E-state index contributed by atoms with van der Waals surface area (Å²) in [6, 6.07) is 6.10. The van der Waals surface area contributed by atoms with Crippen LogP contribution in [-0.2, 0) is 5.41 Å². The summed E-state index contributed by atoms with van der Waals surface area (Å²) < 4.78 is 7.59. The summed E-state index contributed by atoms with van der Waals surface area (Å²) >= 11 is 1.43. The van der Waals surface area contributed by atoms with Gasteiger partial charge >= 0.3 is 5.97 Å². The number of aromatic nitrogens is 2. The number of carboxylic acids is 1. The lowest BCUT2D eigenvalue weighted by Crippen LogP contribution is -2.13. The predicted molar refractivity (Wildman–Crippen MR) is 95.3 cm³/mol. The van der Waals surface area contributed by atoms with Gasteiger partial charge < -0.3 is 9.84 Å². The molecule has 0 bridgehead atoms. The largest absolute Gasteiger partial charge is 0.494 e. The van der Waals surface area contributed by atoms with Gasteiger partial charge in [0.25, 0.3) is 0 Å². The first-order valence-electron chi connectivity index (χ1n) is 7.79. The van der Waals surface area contributed by atoms with Crippen LogP contribution in [0.15, 0.2) is 29.8 Å². The first-order chi connectivity index (χ1) is 11.3. The maximum Gasteiger partial charge on any atom is 0.356 e. The van der Waals surface area contributed by atoms with Gasteiger partial charge in [-0.1, -0.05) is 20.8 Å². The van der Waals surface area contributed by atoms with E-state index in [1.807, 2.05) is 28.8 Å². The van der Waals surface area contributed by atoms with Crippen LogP contribution in [0.3, 0.4) is 0 Å². The Bertz CT molecular complexity index is 903. The fourth-order valence-corrected chi connectivity index (χ4v) is 3.53. The summed E-state index contributed by atoms with van der Waals surface area (Å²) in [4.78, 5) is 15.9. The second kappa shape index (κ2) is 5.94. The molecule has 6 heteroatoms. The van der Waals surface area contributed by atoms with E-state index in [0.717, 1.165) is 22.6 Å². The number of ether oxygens (including phenoxy) is 1. The highest BCUT2D eigenvalue weighted by Crippen LogP contribution is 2.36. The van der Waals surface area contributed by atoms with Crippen LogP contribution in [-0.4, -0.2) is 27.1 Å². The number of imidazole rings is 1. The molecule has 126 valence electrons. The van der Waals surface area contributed by atoms with Gasteiger partial charge in [-0.3, -0.25) is 4.40 Å². The first kappa shape index (κ1) is 16.5. The molecule has 0 spiro atoms. The van der Waals surface area contributed by atoms with Gasteiger partial charge in [-0.05, 0) is 36.1 Å². The molecule has 0 fully saturated rings. The lowest BCUT2D eigenvalue weighted by molar-refractivity contribution is 0.0691. The van der Waals surface area contributed by atoms with E-state index in [1.54, 1.807) is 6.20 Å². The van der Waals surface area contributed by atoms with Crippen molar-refractivity contribution in [3.63, 3.8) is 0 Å². The van der Waals surface area contributed by atoms with E-state index >= 15 is 0 Å². The zero-order valence-corrected chi connectivity index (χ0v) is 15.0. The van der Waals surface area contributed by atoms with Crippen molar-refractivity contribution in [1.82, 2.24) is 9.38 Å². The summed E-state index contributed by atoms with van der Waals surface area (Å²) in [5.41, 5.74) is 3.08. The standard InChI is InChI=1S/C18H20N2O3S/c1-5-23-15-7-6-11(8-12(15)18(2,3)4)14-10-24-17-19-13(16(21)22)9-20(14)17/h6-10H,5H2,1-4H3,(H,21,22). The molecule has 0 unspecified atom stereocenters. The van der Waals surface area contributed by atoms with Gasteiger partial charge in [-0.2, -0.15) is 0 Å². The fourth-order valence-electron chi connectivity index (χ4n) is 2.65. The summed E-state index contributed by atoms with van der Waals surface area (Å²) in [6.07, 6.45) is 1.57. The third-order valence-corrected chi connectivity index (χ3v) is 4.65. The van der Waals surface area contributed by atoms with E-state index in [2.05, 4.69) is 31.8 Å². The van der Waals surface area contributed by atoms with Crippen LogP contribution in [0.5, 0.6) is 5.75 Å². The number of rotatable bonds is 4. The quantitative estimate of drug-likeness (QED) is 0.759. The number of hydrogen-bond acceptors (Lipinski definition) is 4. The van der Waals surface area contributed by atoms with Crippen molar-refractivity contribution < 1.29 is 14.6 Å². The van der Waals surface area contributed by atoms with E-state index in [0.29, 0.717) is 11.6 Å². The summed E-state index contributed by atoms with van der Waals surface area (Å²) in [7, 11) is 0. The number of carbonyl (C=O) groups is 1. The number of benzene rings is 1. The van der Waals surface area contributed by atoms with Crippen molar-refractivity contribution >= 4 is 22.3 Å². The fraction of sp³-hybridized carbons (Fsp3) is 0.333. The molecule has 24 heavy (non-hydrogen) atoms. The van der Waals surface area contributed by atoms with E-state index in [-0.39, 0.29) is 11.1 Å². The molecule has 0 saturated heterocycles. The van der Waals surface area contributed by atoms with Crippen LogP contribution in [0.4, 0.5) is 0 Å². The monoisotopic (exact) mass is 344 g/mol. The molecule has 0 atom stereocenters. The maximum atomic E-state index is 11.1. The minimum atomic E-state index is -1.01. The zero-order chi connectivity index (χ0) is 17.5. The Morgan fingerprint density at radius 1 is 1.38 bits per heavy atom. The van der Waals surface area contributed by atoms with E-state index in [1.165, 1.54) is 11.3 Å². The lowest BCUT2D eigenvalue weighted by Gasteiger charge is -2.23. The molecule has 0 aliphatic rings. The third-order valence-electron chi connectivity index (χ3n) is 3.81. The minimum absolute atomic E-state index is 0.0587. The summed E-state index contributed by atoms with van der Waals surface area (Å²) in [5.74, 6) is -0.129. The van der Waals surface area contributed by atoms with E-state index in [4.69, 9.17) is 9.84 Å². The van der Waals surface area contributed by atoms with Gasteiger partial charge in [-0.15, -0.1) is 11.3 Å². The normalized spacial score (nSPS) is 11.8. The smallest absolute Gasteiger partial charge is 0.356 e. The second-order valence-electron chi connectivity index (χ2n) is 6.60. The van der Waals surface area contributed by atoms with Gasteiger partial charge in [0.05, 0.1) is 12.3 Å². The van der Waals surface area contributed by atoms with Gasteiger partial charge in [0.2, 0.25) is 0 Å². The molecule has 2 aromatic heterocycles. The highest BCUT2D eigenvalue weighted by molar-refractivity contribution is 7.15. The second-order valence-corrected chi connectivity index (χ2v) is 7.44. The third kappa shape index (κ3) is 2.89. The molecular weight excluding hydrogens is 324 g/mol. The molecule has 5 nitrogen and oxygen atoms in total. The van der Waals surface area contributed by atoms with Crippen molar-refractivity contribution in [1.29, 1.82) is 0 Å². The maximum absolute atomic E-state index is 11.1. The number of thiazole rings is 1. The van der Waals surface area contributed by atoms with Crippen LogP contribution in [0.25, 0.3) is 16.2 Å². The van der Waals surface area contributed by atoms with E-state index in [9.17, 15) is 4.79 Å². The number of hydrogen-bond donors (Lipinski definition) is 1. The Kier molecular flexibility index (Phi) is 4.09. The van der Waals surface area contributed by atoms with Crippen LogP contribution in [0.2, 0.25) is 0 Å². The molecule has 0 radical (unpaired) electrons. The Balaban J connectivity index is 2.14. The molecule has 0 saturated carbocycles. The molecule has 0 aliphatic carbocycles. The SMILES string of the molecule is CCOc1ccc(-c2csc3nc(C(=O)O)cn23)cc1C(C)(C)C. The van der Waals surface area contributed by atoms with Gasteiger partial charge in [0, 0.05) is 17.1 Å². The first-order valence-corrected chi connectivity index (χ1v) is 8.67. The molecule has 3 rings (SSSR count). The summed E-state index contributed by atoms with van der Waals surface area (Å²) in [6.45, 7) is 9.04. The van der Waals surface area contributed by atoms with Crippen molar-refractivity contribution in [2.24, 2.45) is 0 Å². The molecule has 2 heterocycles. The predicted octanol–water partition coefficient (Wildman–Crippen LogP) is 4.46. The van der Waals surface area contributed by atoms with Gasteiger partial charge in [0.15, 0.2) is 10.7 Å². The molecule has 1 aromatic carbocycles. The topological polar surface area (TPSA) is 63.8 Å². The van der Waals surface area contributed by atoms with E-state index < -0.39 is 5.97 Å². The zero-order valence-electron chi connectivity index (χ0n) is 14.2. The molecule has 0 amide bonds. The van der Waals surface area contributed by atoms with Crippen molar-refractivity contribution in [2.75, 3.05) is 6.61 Å². The average molecular weight is 344 g/mol. The van der Waals surface area contributed by atoms with Crippen LogP contribution >= 0.6 is 11.3 Å². The average Bonchev–Trinajstić information content (AvgIpc) is 3.07. The number of aromatic carboxylic acids is 1. The van der Waals surface area contributed by atoms with Crippen LogP contribution in [0.1, 0.15) is 43.7 Å². The number of fused-ring (bicyclic) bond motifs is 1. The Hall–Kier alpha value is -2.34. The minimum Gasteiger partial charge on any atom is -0.494 e. The van der Waals surface area contributed by atoms with Crippen LogP contribution in [0, 0.1) is 0 Å². The Labute approximate surface area is 144 Å². The molecular formula is C18H20N2O3S. The lowest BCUT2D eigenvalue weighted by atomic mass is 9.85. The van der Waals surface area contributed by atoms with Gasteiger partial charge in [0.1, 0.15) is 5.75 Å². The molecule has 1 N–H and O–H groups in total. The van der Waals surface area contributed by atoms with Crippen molar-refractivity contribution in [3.05, 3.63) is 41.0 Å². The highest BCUT2D eigenvalue weighted by Gasteiger charge is 2.21.